The summed E-state index contributed by atoms with van der Waals surface area (Å²) in [4.78, 5) is 6.83. The van der Waals surface area contributed by atoms with Crippen LogP contribution < -0.4 is 5.32 Å². The molecule has 0 spiro atoms. The van der Waals surface area contributed by atoms with Crippen molar-refractivity contribution < 1.29 is 4.52 Å². The van der Waals surface area contributed by atoms with Gasteiger partial charge in [-0.3, -0.25) is 4.90 Å². The lowest BCUT2D eigenvalue weighted by Crippen LogP contribution is -2.57. The number of benzene rings is 1. The van der Waals surface area contributed by atoms with Crippen LogP contribution >= 0.6 is 11.6 Å². The third-order valence-corrected chi connectivity index (χ3v) is 4.21. The van der Waals surface area contributed by atoms with Gasteiger partial charge in [-0.25, -0.2) is 0 Å². The molecule has 1 N–H and O–H groups in total. The van der Waals surface area contributed by atoms with E-state index in [1.54, 1.807) is 0 Å². The van der Waals surface area contributed by atoms with E-state index in [1.165, 1.54) is 0 Å². The Morgan fingerprint density at radius 2 is 2.19 bits per heavy atom. The molecule has 0 amide bonds. The van der Waals surface area contributed by atoms with Gasteiger partial charge in [-0.15, -0.1) is 0 Å². The van der Waals surface area contributed by atoms with Crippen LogP contribution in [0.5, 0.6) is 0 Å². The predicted molar refractivity (Wildman–Crippen MR) is 82.1 cm³/mol. The number of hydrogen-bond donors (Lipinski definition) is 1. The van der Waals surface area contributed by atoms with E-state index in [-0.39, 0.29) is 5.54 Å². The smallest absolute Gasteiger partial charge is 0.241 e. The number of halogens is 1. The normalized spacial score (nSPS) is 18.8. The van der Waals surface area contributed by atoms with E-state index < -0.39 is 0 Å². The fraction of sp³-hybridized carbons (Fsp3) is 0.467. The molecule has 1 aliphatic rings. The quantitative estimate of drug-likeness (QED) is 0.944. The van der Waals surface area contributed by atoms with Crippen molar-refractivity contribution in [1.82, 2.24) is 20.4 Å². The van der Waals surface area contributed by atoms with Crippen LogP contribution in [0.2, 0.25) is 5.02 Å². The lowest BCUT2D eigenvalue weighted by Gasteiger charge is -2.41. The number of rotatable bonds is 3. The highest BCUT2D eigenvalue weighted by Gasteiger charge is 2.30. The first-order chi connectivity index (χ1) is 10.1. The maximum absolute atomic E-state index is 6.16. The van der Waals surface area contributed by atoms with Gasteiger partial charge in [-0.1, -0.05) is 28.9 Å². The lowest BCUT2D eigenvalue weighted by atomic mass is 10.0. The second-order valence-corrected chi connectivity index (χ2v) is 6.31. The molecular weight excluding hydrogens is 288 g/mol. The fourth-order valence-electron chi connectivity index (χ4n) is 2.55. The van der Waals surface area contributed by atoms with Crippen LogP contribution in [0.1, 0.15) is 19.7 Å². The summed E-state index contributed by atoms with van der Waals surface area (Å²) in [6.45, 7) is 7.99. The average Bonchev–Trinajstić information content (AvgIpc) is 2.90. The van der Waals surface area contributed by atoms with Crippen molar-refractivity contribution in [2.24, 2.45) is 0 Å². The molecule has 1 aliphatic heterocycles. The SMILES string of the molecule is CC1(C)CNCCN1Cc1nc(-c2ccccc2Cl)no1. The standard InChI is InChI=1S/C15H19ClN4O/c1-15(2)10-17-7-8-20(15)9-13-18-14(19-21-13)11-5-3-4-6-12(11)16/h3-6,17H,7-10H2,1-2H3. The zero-order chi connectivity index (χ0) is 14.9. The van der Waals surface area contributed by atoms with Crippen molar-refractivity contribution in [3.63, 3.8) is 0 Å². The molecule has 0 aliphatic carbocycles. The molecule has 112 valence electrons. The predicted octanol–water partition coefficient (Wildman–Crippen LogP) is 2.57. The Morgan fingerprint density at radius 3 is 2.95 bits per heavy atom. The van der Waals surface area contributed by atoms with Crippen LogP contribution in [0.4, 0.5) is 0 Å². The van der Waals surface area contributed by atoms with Gasteiger partial charge in [-0.05, 0) is 26.0 Å². The van der Waals surface area contributed by atoms with Crippen molar-refractivity contribution in [1.29, 1.82) is 0 Å². The Bertz CT molecular complexity index is 626. The zero-order valence-corrected chi connectivity index (χ0v) is 13.0. The second kappa shape index (κ2) is 5.75. The van der Waals surface area contributed by atoms with Crippen LogP contribution in [-0.2, 0) is 6.54 Å². The van der Waals surface area contributed by atoms with Crippen molar-refractivity contribution in [2.45, 2.75) is 25.9 Å². The van der Waals surface area contributed by atoms with Crippen LogP contribution in [-0.4, -0.2) is 40.2 Å². The third kappa shape index (κ3) is 3.10. The van der Waals surface area contributed by atoms with E-state index >= 15 is 0 Å². The van der Waals surface area contributed by atoms with E-state index in [0.29, 0.717) is 23.3 Å². The molecule has 1 fully saturated rings. The molecule has 2 aromatic rings. The first-order valence-corrected chi connectivity index (χ1v) is 7.47. The minimum absolute atomic E-state index is 0.0806. The van der Waals surface area contributed by atoms with Gasteiger partial charge in [0.1, 0.15) is 0 Å². The van der Waals surface area contributed by atoms with Gasteiger partial charge in [0.05, 0.1) is 11.6 Å². The molecule has 0 atom stereocenters. The van der Waals surface area contributed by atoms with Crippen LogP contribution in [0.15, 0.2) is 28.8 Å². The summed E-state index contributed by atoms with van der Waals surface area (Å²) in [5.41, 5.74) is 0.880. The van der Waals surface area contributed by atoms with E-state index in [2.05, 4.69) is 34.2 Å². The fourth-order valence-corrected chi connectivity index (χ4v) is 2.77. The largest absolute Gasteiger partial charge is 0.338 e. The Labute approximate surface area is 129 Å². The number of nitrogens with one attached hydrogen (secondary N) is 1. The van der Waals surface area contributed by atoms with Crippen LogP contribution in [0.3, 0.4) is 0 Å². The lowest BCUT2D eigenvalue weighted by molar-refractivity contribution is 0.0711. The molecule has 2 heterocycles. The monoisotopic (exact) mass is 306 g/mol. The average molecular weight is 307 g/mol. The van der Waals surface area contributed by atoms with E-state index in [9.17, 15) is 0 Å². The summed E-state index contributed by atoms with van der Waals surface area (Å²) < 4.78 is 5.39. The van der Waals surface area contributed by atoms with Crippen molar-refractivity contribution in [2.75, 3.05) is 19.6 Å². The van der Waals surface area contributed by atoms with Gasteiger partial charge in [0.2, 0.25) is 11.7 Å². The topological polar surface area (TPSA) is 54.2 Å². The summed E-state index contributed by atoms with van der Waals surface area (Å²) in [5, 5.41) is 8.08. The Hall–Kier alpha value is -1.43. The maximum atomic E-state index is 6.16. The van der Waals surface area contributed by atoms with Crippen LogP contribution in [0.25, 0.3) is 11.4 Å². The summed E-state index contributed by atoms with van der Waals surface area (Å²) in [7, 11) is 0. The van der Waals surface area contributed by atoms with E-state index in [4.69, 9.17) is 16.1 Å². The molecule has 21 heavy (non-hydrogen) atoms. The molecule has 1 aromatic heterocycles. The molecule has 1 saturated heterocycles. The van der Waals surface area contributed by atoms with Gasteiger partial charge >= 0.3 is 0 Å². The highest BCUT2D eigenvalue weighted by molar-refractivity contribution is 6.33. The number of nitrogens with zero attached hydrogens (tertiary/aromatic N) is 3. The molecule has 0 unspecified atom stereocenters. The van der Waals surface area contributed by atoms with Crippen molar-refractivity contribution >= 4 is 11.6 Å². The summed E-state index contributed by atoms with van der Waals surface area (Å²) in [6.07, 6.45) is 0. The summed E-state index contributed by atoms with van der Waals surface area (Å²) in [5.74, 6) is 1.17. The second-order valence-electron chi connectivity index (χ2n) is 5.90. The van der Waals surface area contributed by atoms with Crippen molar-refractivity contribution in [3.05, 3.63) is 35.2 Å². The zero-order valence-electron chi connectivity index (χ0n) is 12.3. The van der Waals surface area contributed by atoms with Gasteiger partial charge in [-0.2, -0.15) is 4.98 Å². The van der Waals surface area contributed by atoms with Gasteiger partial charge in [0.25, 0.3) is 0 Å². The third-order valence-electron chi connectivity index (χ3n) is 3.88. The van der Waals surface area contributed by atoms with E-state index in [0.717, 1.165) is 25.2 Å². The Morgan fingerprint density at radius 1 is 1.38 bits per heavy atom. The minimum atomic E-state index is 0.0806. The van der Waals surface area contributed by atoms with Gasteiger partial charge in [0, 0.05) is 30.7 Å². The molecule has 5 nitrogen and oxygen atoms in total. The summed E-state index contributed by atoms with van der Waals surface area (Å²) >= 11 is 6.16. The van der Waals surface area contributed by atoms with Crippen LogP contribution in [0, 0.1) is 0 Å². The van der Waals surface area contributed by atoms with Gasteiger partial charge in [0.15, 0.2) is 0 Å². The number of piperazine rings is 1. The molecule has 0 bridgehead atoms. The highest BCUT2D eigenvalue weighted by Crippen LogP contribution is 2.26. The van der Waals surface area contributed by atoms with Crippen molar-refractivity contribution in [3.8, 4) is 11.4 Å². The van der Waals surface area contributed by atoms with Gasteiger partial charge < -0.3 is 9.84 Å². The Kier molecular flexibility index (Phi) is 3.97. The molecule has 0 radical (unpaired) electrons. The molecule has 3 rings (SSSR count). The molecule has 0 saturated carbocycles. The van der Waals surface area contributed by atoms with E-state index in [1.807, 2.05) is 24.3 Å². The molecule has 6 heteroatoms. The number of hydrogen-bond acceptors (Lipinski definition) is 5. The highest BCUT2D eigenvalue weighted by atomic mass is 35.5. The Balaban J connectivity index is 1.78. The summed E-state index contributed by atoms with van der Waals surface area (Å²) in [6, 6.07) is 7.52. The first-order valence-electron chi connectivity index (χ1n) is 7.09. The molecule has 1 aromatic carbocycles. The number of aromatic nitrogens is 2. The first kappa shape index (κ1) is 14.5. The maximum Gasteiger partial charge on any atom is 0.241 e. The molecular formula is C15H19ClN4O. The minimum Gasteiger partial charge on any atom is -0.338 e.